The smallest absolute Gasteiger partial charge is 0.247 e. The van der Waals surface area contributed by atoms with Crippen LogP contribution < -0.4 is 0 Å². The van der Waals surface area contributed by atoms with E-state index in [4.69, 9.17) is 4.74 Å². The Morgan fingerprint density at radius 1 is 1.30 bits per heavy atom. The fourth-order valence-corrected chi connectivity index (χ4v) is 2.91. The van der Waals surface area contributed by atoms with Crippen molar-refractivity contribution in [3.8, 4) is 0 Å². The van der Waals surface area contributed by atoms with Gasteiger partial charge in [0.05, 0.1) is 18.2 Å². The van der Waals surface area contributed by atoms with Gasteiger partial charge in [0, 0.05) is 12.6 Å². The molecule has 1 aromatic carbocycles. The average Bonchev–Trinajstić information content (AvgIpc) is 2.48. The molecule has 2 rings (SSSR count). The van der Waals surface area contributed by atoms with Gasteiger partial charge in [0.2, 0.25) is 5.91 Å². The third-order valence-corrected chi connectivity index (χ3v) is 4.44. The molecule has 1 unspecified atom stereocenters. The number of rotatable bonds is 3. The van der Waals surface area contributed by atoms with Crippen LogP contribution in [0.4, 0.5) is 0 Å². The number of hydrogen-bond donors (Lipinski definition) is 0. The molecule has 1 heterocycles. The molecule has 0 saturated carbocycles. The summed E-state index contributed by atoms with van der Waals surface area (Å²) in [7, 11) is 0. The third-order valence-electron chi connectivity index (χ3n) is 4.44. The summed E-state index contributed by atoms with van der Waals surface area (Å²) in [6.07, 6.45) is 1.90. The summed E-state index contributed by atoms with van der Waals surface area (Å²) in [6.45, 7) is 13.7. The lowest BCUT2D eigenvalue weighted by Crippen LogP contribution is -2.57. The van der Waals surface area contributed by atoms with Gasteiger partial charge in [-0.3, -0.25) is 4.79 Å². The monoisotopic (exact) mass is 315 g/mol. The van der Waals surface area contributed by atoms with Crippen molar-refractivity contribution < 1.29 is 9.53 Å². The standard InChI is InChI=1S/C20H29NO2/c1-14(2)18(17-9-7-15(3)8-10-17)11-19(22)21-12-16(4)23-13-20(21,5)6/h7-11,14,16H,12-13H2,1-6H3/b18-11+. The van der Waals surface area contributed by atoms with Crippen LogP contribution in [0.1, 0.15) is 45.7 Å². The second kappa shape index (κ2) is 6.88. The Bertz CT molecular complexity index is 584. The summed E-state index contributed by atoms with van der Waals surface area (Å²) in [4.78, 5) is 14.9. The van der Waals surface area contributed by atoms with E-state index in [1.165, 1.54) is 5.56 Å². The SMILES string of the molecule is Cc1ccc(/C(=C/C(=O)N2CC(C)OCC2(C)C)C(C)C)cc1. The topological polar surface area (TPSA) is 29.5 Å². The van der Waals surface area contributed by atoms with Crippen LogP contribution in [-0.2, 0) is 9.53 Å². The van der Waals surface area contributed by atoms with E-state index < -0.39 is 0 Å². The van der Waals surface area contributed by atoms with Crippen LogP contribution in [0.15, 0.2) is 30.3 Å². The quantitative estimate of drug-likeness (QED) is 0.787. The first-order valence-electron chi connectivity index (χ1n) is 8.42. The van der Waals surface area contributed by atoms with Gasteiger partial charge in [-0.1, -0.05) is 43.7 Å². The number of allylic oxidation sites excluding steroid dienone is 1. The molecule has 23 heavy (non-hydrogen) atoms. The molecule has 1 aliphatic rings. The average molecular weight is 315 g/mol. The highest BCUT2D eigenvalue weighted by Crippen LogP contribution is 2.27. The second-order valence-corrected chi connectivity index (χ2v) is 7.50. The first kappa shape index (κ1) is 17.7. The zero-order valence-corrected chi connectivity index (χ0v) is 15.2. The van der Waals surface area contributed by atoms with Crippen molar-refractivity contribution in [2.45, 2.75) is 53.2 Å². The maximum atomic E-state index is 12.9. The minimum Gasteiger partial charge on any atom is -0.374 e. The molecule has 0 aromatic heterocycles. The van der Waals surface area contributed by atoms with Gasteiger partial charge in [-0.05, 0) is 44.7 Å². The van der Waals surface area contributed by atoms with Crippen LogP contribution in [-0.4, -0.2) is 35.6 Å². The second-order valence-electron chi connectivity index (χ2n) is 7.50. The molecule has 126 valence electrons. The maximum absolute atomic E-state index is 12.9. The summed E-state index contributed by atoms with van der Waals surface area (Å²) in [5, 5.41) is 0. The fraction of sp³-hybridized carbons (Fsp3) is 0.550. The van der Waals surface area contributed by atoms with Gasteiger partial charge < -0.3 is 9.64 Å². The van der Waals surface area contributed by atoms with E-state index >= 15 is 0 Å². The number of carbonyl (C=O) groups excluding carboxylic acids is 1. The number of benzene rings is 1. The summed E-state index contributed by atoms with van der Waals surface area (Å²) in [6, 6.07) is 8.39. The highest BCUT2D eigenvalue weighted by atomic mass is 16.5. The Morgan fingerprint density at radius 2 is 1.91 bits per heavy atom. The number of ether oxygens (including phenoxy) is 1. The van der Waals surface area contributed by atoms with E-state index in [2.05, 4.69) is 58.9 Å². The lowest BCUT2D eigenvalue weighted by atomic mass is 9.93. The van der Waals surface area contributed by atoms with Crippen molar-refractivity contribution in [1.29, 1.82) is 0 Å². The minimum absolute atomic E-state index is 0.0782. The molecule has 1 aliphatic heterocycles. The molecule has 1 amide bonds. The normalized spacial score (nSPS) is 21.6. The zero-order chi connectivity index (χ0) is 17.2. The predicted octanol–water partition coefficient (Wildman–Crippen LogP) is 4.06. The van der Waals surface area contributed by atoms with Crippen LogP contribution in [0, 0.1) is 12.8 Å². The minimum atomic E-state index is -0.268. The van der Waals surface area contributed by atoms with E-state index in [1.54, 1.807) is 0 Å². The molecule has 0 bridgehead atoms. The number of morpholine rings is 1. The largest absolute Gasteiger partial charge is 0.374 e. The van der Waals surface area contributed by atoms with Gasteiger partial charge in [-0.25, -0.2) is 0 Å². The highest BCUT2D eigenvalue weighted by molar-refractivity contribution is 5.96. The molecule has 3 heteroatoms. The number of amides is 1. The van der Waals surface area contributed by atoms with Crippen molar-refractivity contribution in [3.63, 3.8) is 0 Å². The maximum Gasteiger partial charge on any atom is 0.247 e. The molecule has 0 N–H and O–H groups in total. The molecule has 1 aromatic rings. The van der Waals surface area contributed by atoms with Crippen LogP contribution in [0.3, 0.4) is 0 Å². The Morgan fingerprint density at radius 3 is 2.48 bits per heavy atom. The van der Waals surface area contributed by atoms with Crippen LogP contribution in [0.5, 0.6) is 0 Å². The molecule has 1 fully saturated rings. The van der Waals surface area contributed by atoms with E-state index in [0.29, 0.717) is 19.1 Å². The van der Waals surface area contributed by atoms with Gasteiger partial charge >= 0.3 is 0 Å². The molecule has 1 atom stereocenters. The van der Waals surface area contributed by atoms with Gasteiger partial charge in [0.25, 0.3) is 0 Å². The summed E-state index contributed by atoms with van der Waals surface area (Å²) in [5.41, 5.74) is 3.17. The summed E-state index contributed by atoms with van der Waals surface area (Å²) >= 11 is 0. The van der Waals surface area contributed by atoms with Crippen molar-refractivity contribution in [2.75, 3.05) is 13.2 Å². The van der Waals surface area contributed by atoms with Crippen LogP contribution in [0.25, 0.3) is 5.57 Å². The Kier molecular flexibility index (Phi) is 5.30. The summed E-state index contributed by atoms with van der Waals surface area (Å²) < 4.78 is 5.71. The Hall–Kier alpha value is -1.61. The van der Waals surface area contributed by atoms with Gasteiger partial charge in [-0.2, -0.15) is 0 Å². The number of nitrogens with zero attached hydrogens (tertiary/aromatic N) is 1. The lowest BCUT2D eigenvalue weighted by Gasteiger charge is -2.44. The van der Waals surface area contributed by atoms with E-state index in [9.17, 15) is 4.79 Å². The molecular weight excluding hydrogens is 286 g/mol. The van der Waals surface area contributed by atoms with Crippen molar-refractivity contribution >= 4 is 11.5 Å². The van der Waals surface area contributed by atoms with Crippen LogP contribution in [0.2, 0.25) is 0 Å². The van der Waals surface area contributed by atoms with Crippen molar-refractivity contribution in [1.82, 2.24) is 4.90 Å². The number of hydrogen-bond acceptors (Lipinski definition) is 2. The molecule has 0 aliphatic carbocycles. The molecule has 1 saturated heterocycles. The van der Waals surface area contributed by atoms with Crippen LogP contribution >= 0.6 is 0 Å². The van der Waals surface area contributed by atoms with E-state index in [-0.39, 0.29) is 17.6 Å². The highest BCUT2D eigenvalue weighted by Gasteiger charge is 2.36. The Balaban J connectivity index is 2.31. The molecular formula is C20H29NO2. The number of carbonyl (C=O) groups is 1. The summed E-state index contributed by atoms with van der Waals surface area (Å²) in [5.74, 6) is 0.373. The van der Waals surface area contributed by atoms with Gasteiger partial charge in [-0.15, -0.1) is 0 Å². The first-order chi connectivity index (χ1) is 10.7. The molecule has 0 spiro atoms. The van der Waals surface area contributed by atoms with E-state index in [1.807, 2.05) is 17.9 Å². The lowest BCUT2D eigenvalue weighted by molar-refractivity contribution is -0.147. The predicted molar refractivity (Wildman–Crippen MR) is 95.2 cm³/mol. The van der Waals surface area contributed by atoms with Gasteiger partial charge in [0.1, 0.15) is 0 Å². The zero-order valence-electron chi connectivity index (χ0n) is 15.2. The van der Waals surface area contributed by atoms with E-state index in [0.717, 1.165) is 11.1 Å². The Labute approximate surface area is 140 Å². The fourth-order valence-electron chi connectivity index (χ4n) is 2.91. The van der Waals surface area contributed by atoms with Crippen molar-refractivity contribution in [3.05, 3.63) is 41.5 Å². The van der Waals surface area contributed by atoms with Gasteiger partial charge in [0.15, 0.2) is 0 Å². The molecule has 3 nitrogen and oxygen atoms in total. The molecule has 0 radical (unpaired) electrons. The first-order valence-corrected chi connectivity index (χ1v) is 8.42. The van der Waals surface area contributed by atoms with Crippen molar-refractivity contribution in [2.24, 2.45) is 5.92 Å². The number of aryl methyl sites for hydroxylation is 1. The third kappa shape index (κ3) is 4.23.